The molecule has 2 heterocycles. The molecule has 1 aliphatic rings. The Labute approximate surface area is 94.7 Å². The van der Waals surface area contributed by atoms with Crippen LogP contribution in [0.1, 0.15) is 5.01 Å². The smallest absolute Gasteiger partial charge is 0.137 e. The molecule has 0 radical (unpaired) electrons. The predicted octanol–water partition coefficient (Wildman–Crippen LogP) is 0.632. The summed E-state index contributed by atoms with van der Waals surface area (Å²) in [6.45, 7) is 5.73. The number of piperazine rings is 1. The van der Waals surface area contributed by atoms with Crippen LogP contribution >= 0.6 is 11.3 Å². The molecule has 1 aromatic rings. The maximum Gasteiger partial charge on any atom is 0.137 e. The number of anilines is 1. The van der Waals surface area contributed by atoms with E-state index < -0.39 is 0 Å². The summed E-state index contributed by atoms with van der Waals surface area (Å²) in [6.07, 6.45) is 1.08. The van der Waals surface area contributed by atoms with E-state index in [-0.39, 0.29) is 0 Å². The molecule has 0 unspecified atom stereocenters. The van der Waals surface area contributed by atoms with E-state index in [4.69, 9.17) is 0 Å². The third-order valence-corrected chi connectivity index (χ3v) is 3.57. The van der Waals surface area contributed by atoms with Gasteiger partial charge in [0.05, 0.1) is 5.01 Å². The maximum atomic E-state index is 4.48. The zero-order chi connectivity index (χ0) is 10.5. The van der Waals surface area contributed by atoms with E-state index in [9.17, 15) is 0 Å². The zero-order valence-electron chi connectivity index (χ0n) is 9.12. The second-order valence-electron chi connectivity index (χ2n) is 3.72. The van der Waals surface area contributed by atoms with Crippen molar-refractivity contribution in [2.75, 3.05) is 45.1 Å². The minimum atomic E-state index is 0.996. The highest BCUT2D eigenvalue weighted by atomic mass is 32.1. The van der Waals surface area contributed by atoms with Gasteiger partial charge < -0.3 is 15.5 Å². The average molecular weight is 226 g/mol. The Morgan fingerprint density at radius 3 is 3.00 bits per heavy atom. The molecule has 1 saturated heterocycles. The van der Waals surface area contributed by atoms with Gasteiger partial charge in [-0.2, -0.15) is 0 Å². The fourth-order valence-corrected chi connectivity index (χ4v) is 2.51. The van der Waals surface area contributed by atoms with Crippen LogP contribution in [0.5, 0.6) is 0 Å². The Morgan fingerprint density at radius 2 is 2.33 bits per heavy atom. The van der Waals surface area contributed by atoms with Gasteiger partial charge in [0.15, 0.2) is 0 Å². The number of hydrogen-bond acceptors (Lipinski definition) is 5. The van der Waals surface area contributed by atoms with Gasteiger partial charge in [-0.05, 0) is 0 Å². The average Bonchev–Trinajstić information content (AvgIpc) is 2.76. The van der Waals surface area contributed by atoms with Crippen molar-refractivity contribution in [1.82, 2.24) is 15.2 Å². The number of thiazole rings is 1. The Balaban J connectivity index is 1.76. The van der Waals surface area contributed by atoms with Gasteiger partial charge in [-0.1, -0.05) is 0 Å². The van der Waals surface area contributed by atoms with Crippen LogP contribution in [0.3, 0.4) is 0 Å². The Hall–Kier alpha value is -0.650. The van der Waals surface area contributed by atoms with Gasteiger partial charge in [-0.3, -0.25) is 0 Å². The monoisotopic (exact) mass is 226 g/mol. The minimum Gasteiger partial charge on any atom is -0.372 e. The highest BCUT2D eigenvalue weighted by Gasteiger charge is 2.10. The lowest BCUT2D eigenvalue weighted by Crippen LogP contribution is -2.44. The topological polar surface area (TPSA) is 40.2 Å². The third kappa shape index (κ3) is 3.15. The molecule has 0 atom stereocenters. The summed E-state index contributed by atoms with van der Waals surface area (Å²) in [5, 5.41) is 9.73. The first-order valence-electron chi connectivity index (χ1n) is 5.44. The molecule has 0 bridgehead atoms. The fraction of sp³-hybridized carbons (Fsp3) is 0.700. The second-order valence-corrected chi connectivity index (χ2v) is 4.66. The molecule has 2 rings (SSSR count). The lowest BCUT2D eigenvalue weighted by atomic mass is 10.3. The maximum absolute atomic E-state index is 4.48. The Bertz CT molecular complexity index is 293. The number of aromatic nitrogens is 1. The molecular formula is C10H18N4S. The zero-order valence-corrected chi connectivity index (χ0v) is 9.94. The first kappa shape index (κ1) is 10.9. The van der Waals surface area contributed by atoms with Gasteiger partial charge in [0, 0.05) is 51.6 Å². The van der Waals surface area contributed by atoms with Crippen molar-refractivity contribution in [3.8, 4) is 0 Å². The van der Waals surface area contributed by atoms with Gasteiger partial charge >= 0.3 is 0 Å². The van der Waals surface area contributed by atoms with Gasteiger partial charge in [-0.25, -0.2) is 4.98 Å². The van der Waals surface area contributed by atoms with Crippen molar-refractivity contribution in [3.63, 3.8) is 0 Å². The molecule has 0 saturated carbocycles. The SMILES string of the molecule is CNc1csc(CCN2CCNCC2)n1. The number of nitrogens with one attached hydrogen (secondary N) is 2. The predicted molar refractivity (Wildman–Crippen MR) is 64.7 cm³/mol. The van der Waals surface area contributed by atoms with Crippen molar-refractivity contribution >= 4 is 17.2 Å². The molecular weight excluding hydrogens is 208 g/mol. The van der Waals surface area contributed by atoms with E-state index in [1.165, 1.54) is 18.1 Å². The highest BCUT2D eigenvalue weighted by Crippen LogP contribution is 2.14. The van der Waals surface area contributed by atoms with Gasteiger partial charge in [0.2, 0.25) is 0 Å². The lowest BCUT2D eigenvalue weighted by Gasteiger charge is -2.26. The second kappa shape index (κ2) is 5.44. The van der Waals surface area contributed by atoms with Crippen LogP contribution in [0.15, 0.2) is 5.38 Å². The van der Waals surface area contributed by atoms with E-state index in [2.05, 4.69) is 25.9 Å². The summed E-state index contributed by atoms with van der Waals surface area (Å²) >= 11 is 1.75. The number of hydrogen-bond donors (Lipinski definition) is 2. The van der Waals surface area contributed by atoms with Crippen LogP contribution in [0, 0.1) is 0 Å². The van der Waals surface area contributed by atoms with Gasteiger partial charge in [-0.15, -0.1) is 11.3 Å². The van der Waals surface area contributed by atoms with Crippen molar-refractivity contribution < 1.29 is 0 Å². The number of nitrogens with zero attached hydrogens (tertiary/aromatic N) is 2. The van der Waals surface area contributed by atoms with E-state index >= 15 is 0 Å². The largest absolute Gasteiger partial charge is 0.372 e. The first-order chi connectivity index (χ1) is 7.38. The van der Waals surface area contributed by atoms with Crippen molar-refractivity contribution in [3.05, 3.63) is 10.4 Å². The molecule has 1 aliphatic heterocycles. The van der Waals surface area contributed by atoms with Crippen LogP contribution < -0.4 is 10.6 Å². The summed E-state index contributed by atoms with van der Waals surface area (Å²) in [5.74, 6) is 0.996. The summed E-state index contributed by atoms with van der Waals surface area (Å²) < 4.78 is 0. The molecule has 0 aliphatic carbocycles. The normalized spacial score (nSPS) is 17.9. The van der Waals surface area contributed by atoms with E-state index in [1.807, 2.05) is 7.05 Å². The molecule has 84 valence electrons. The summed E-state index contributed by atoms with van der Waals surface area (Å²) in [7, 11) is 1.91. The van der Waals surface area contributed by atoms with Crippen LogP contribution in [0.4, 0.5) is 5.82 Å². The van der Waals surface area contributed by atoms with E-state index in [1.54, 1.807) is 11.3 Å². The summed E-state index contributed by atoms with van der Waals surface area (Å²) in [5.41, 5.74) is 0. The standard InChI is InChI=1S/C10H18N4S/c1-11-9-8-15-10(13-9)2-5-14-6-3-12-4-7-14/h8,11-12H,2-7H2,1H3. The molecule has 1 fully saturated rings. The van der Waals surface area contributed by atoms with Crippen LogP contribution in [0.25, 0.3) is 0 Å². The molecule has 0 aromatic carbocycles. The Kier molecular flexibility index (Phi) is 3.94. The first-order valence-corrected chi connectivity index (χ1v) is 6.31. The molecule has 0 amide bonds. The van der Waals surface area contributed by atoms with Crippen molar-refractivity contribution in [2.45, 2.75) is 6.42 Å². The number of rotatable bonds is 4. The minimum absolute atomic E-state index is 0.996. The van der Waals surface area contributed by atoms with Gasteiger partial charge in [0.1, 0.15) is 5.82 Å². The molecule has 4 nitrogen and oxygen atoms in total. The summed E-state index contributed by atoms with van der Waals surface area (Å²) in [6, 6.07) is 0. The van der Waals surface area contributed by atoms with Crippen molar-refractivity contribution in [2.24, 2.45) is 0 Å². The van der Waals surface area contributed by atoms with E-state index in [0.29, 0.717) is 0 Å². The quantitative estimate of drug-likeness (QED) is 0.790. The van der Waals surface area contributed by atoms with Crippen LogP contribution in [-0.2, 0) is 6.42 Å². The summed E-state index contributed by atoms with van der Waals surface area (Å²) in [4.78, 5) is 6.98. The third-order valence-electron chi connectivity index (χ3n) is 2.66. The molecule has 5 heteroatoms. The van der Waals surface area contributed by atoms with Crippen LogP contribution in [0.2, 0.25) is 0 Å². The fourth-order valence-electron chi connectivity index (χ4n) is 1.73. The Morgan fingerprint density at radius 1 is 1.53 bits per heavy atom. The van der Waals surface area contributed by atoms with Crippen LogP contribution in [-0.4, -0.2) is 49.7 Å². The van der Waals surface area contributed by atoms with E-state index in [0.717, 1.165) is 31.9 Å². The highest BCUT2D eigenvalue weighted by molar-refractivity contribution is 7.10. The lowest BCUT2D eigenvalue weighted by molar-refractivity contribution is 0.244. The molecule has 1 aromatic heterocycles. The van der Waals surface area contributed by atoms with Gasteiger partial charge in [0.25, 0.3) is 0 Å². The van der Waals surface area contributed by atoms with Crippen molar-refractivity contribution in [1.29, 1.82) is 0 Å². The molecule has 2 N–H and O–H groups in total. The molecule has 0 spiro atoms. The molecule has 15 heavy (non-hydrogen) atoms.